The summed E-state index contributed by atoms with van der Waals surface area (Å²) in [7, 11) is 0. The molecule has 3 heteroatoms. The molecule has 2 N–H and O–H groups in total. The number of carbonyl (C=O) groups is 1. The van der Waals surface area contributed by atoms with Gasteiger partial charge in [0.15, 0.2) is 0 Å². The van der Waals surface area contributed by atoms with Crippen molar-refractivity contribution in [1.29, 1.82) is 0 Å². The topological polar surface area (TPSA) is 55.5 Å². The Bertz CT molecular complexity index is 828. The molecule has 150 valence electrons. The van der Waals surface area contributed by atoms with E-state index in [0.717, 1.165) is 49.1 Å². The molecule has 1 aliphatic heterocycles. The molecule has 0 radical (unpaired) electrons. The van der Waals surface area contributed by atoms with E-state index in [2.05, 4.69) is 32.9 Å². The number of nitrogens with zero attached hydrogens (tertiary/aromatic N) is 1. The van der Waals surface area contributed by atoms with Crippen molar-refractivity contribution in [3.8, 4) is 0 Å². The molecular formula is C25H34N2O. The number of Topliss-reactive ketones (excluding diaryl/α,β-unsaturated/α-hetero) is 1. The van der Waals surface area contributed by atoms with E-state index in [1.165, 1.54) is 41.5 Å². The smallest absolute Gasteiger partial charge is 0.145 e. The summed E-state index contributed by atoms with van der Waals surface area (Å²) in [6.45, 7) is 7.06. The summed E-state index contributed by atoms with van der Waals surface area (Å²) in [6, 6.07) is 4.49. The summed E-state index contributed by atoms with van der Waals surface area (Å²) in [5, 5.41) is 0. The number of nitrogens with two attached hydrogens (primary N) is 1. The molecule has 1 aromatic rings. The summed E-state index contributed by atoms with van der Waals surface area (Å²) < 4.78 is 0. The van der Waals surface area contributed by atoms with Crippen molar-refractivity contribution in [2.75, 3.05) is 0 Å². The minimum absolute atomic E-state index is 0.0413. The molecule has 1 aromatic carbocycles. The van der Waals surface area contributed by atoms with Crippen molar-refractivity contribution >= 4 is 11.5 Å². The van der Waals surface area contributed by atoms with E-state index >= 15 is 0 Å². The van der Waals surface area contributed by atoms with E-state index in [1.807, 2.05) is 0 Å². The van der Waals surface area contributed by atoms with Crippen LogP contribution in [0.4, 0.5) is 0 Å². The number of fused-ring (bicyclic) bond motifs is 1. The Hall–Kier alpha value is -1.48. The van der Waals surface area contributed by atoms with E-state index in [9.17, 15) is 4.79 Å². The van der Waals surface area contributed by atoms with Crippen molar-refractivity contribution in [3.63, 3.8) is 0 Å². The molecule has 4 saturated carbocycles. The van der Waals surface area contributed by atoms with Gasteiger partial charge in [-0.05, 0) is 112 Å². The van der Waals surface area contributed by atoms with Crippen molar-refractivity contribution in [3.05, 3.63) is 34.4 Å². The van der Waals surface area contributed by atoms with Crippen LogP contribution in [0.25, 0.3) is 0 Å². The fourth-order valence-electron chi connectivity index (χ4n) is 7.31. The minimum atomic E-state index is -0.138. The van der Waals surface area contributed by atoms with Gasteiger partial charge in [-0.2, -0.15) is 0 Å². The third-order valence-electron chi connectivity index (χ3n) is 8.11. The summed E-state index contributed by atoms with van der Waals surface area (Å²) in [5.74, 6) is 2.89. The first kappa shape index (κ1) is 18.5. The van der Waals surface area contributed by atoms with Gasteiger partial charge in [0.05, 0.1) is 11.3 Å². The summed E-state index contributed by atoms with van der Waals surface area (Å²) in [5.41, 5.74) is 11.8. The summed E-state index contributed by atoms with van der Waals surface area (Å²) in [6.07, 6.45) is 9.00. The van der Waals surface area contributed by atoms with Gasteiger partial charge < -0.3 is 5.73 Å². The van der Waals surface area contributed by atoms with Gasteiger partial charge >= 0.3 is 0 Å². The van der Waals surface area contributed by atoms with Gasteiger partial charge in [-0.15, -0.1) is 0 Å². The van der Waals surface area contributed by atoms with Gasteiger partial charge in [0, 0.05) is 18.4 Å². The lowest BCUT2D eigenvalue weighted by Crippen LogP contribution is -2.50. The predicted molar refractivity (Wildman–Crippen MR) is 114 cm³/mol. The molecule has 3 nitrogen and oxygen atoms in total. The number of ketones is 1. The van der Waals surface area contributed by atoms with Crippen molar-refractivity contribution in [1.82, 2.24) is 0 Å². The zero-order valence-corrected chi connectivity index (χ0v) is 17.7. The molecule has 0 atom stereocenters. The Labute approximate surface area is 169 Å². The average molecular weight is 379 g/mol. The molecule has 28 heavy (non-hydrogen) atoms. The van der Waals surface area contributed by atoms with Crippen LogP contribution in [0.5, 0.6) is 0 Å². The molecule has 4 bridgehead atoms. The SMILES string of the molecule is Cc1cc2c(cc1CN)C(CC(=O)C13CC4CC(CC(C4)C1)C3)=NC(C)(C)C2. The largest absolute Gasteiger partial charge is 0.326 e. The molecule has 0 amide bonds. The Morgan fingerprint density at radius 3 is 2.29 bits per heavy atom. The third-order valence-corrected chi connectivity index (χ3v) is 8.11. The van der Waals surface area contributed by atoms with Crippen LogP contribution < -0.4 is 5.73 Å². The van der Waals surface area contributed by atoms with Crippen LogP contribution in [-0.4, -0.2) is 17.0 Å². The minimum Gasteiger partial charge on any atom is -0.326 e. The van der Waals surface area contributed by atoms with Gasteiger partial charge in [0.2, 0.25) is 0 Å². The first-order valence-electron chi connectivity index (χ1n) is 11.2. The van der Waals surface area contributed by atoms with Crippen molar-refractivity contribution in [2.45, 2.75) is 84.2 Å². The lowest BCUT2D eigenvalue weighted by atomic mass is 9.48. The molecule has 5 aliphatic rings. The van der Waals surface area contributed by atoms with Gasteiger partial charge in [0.25, 0.3) is 0 Å². The summed E-state index contributed by atoms with van der Waals surface area (Å²) in [4.78, 5) is 18.8. The Morgan fingerprint density at radius 1 is 1.11 bits per heavy atom. The second-order valence-electron chi connectivity index (χ2n) is 11.0. The van der Waals surface area contributed by atoms with Crippen LogP contribution in [-0.2, 0) is 17.8 Å². The van der Waals surface area contributed by atoms with Gasteiger partial charge in [-0.1, -0.05) is 6.07 Å². The second-order valence-corrected chi connectivity index (χ2v) is 11.0. The highest BCUT2D eigenvalue weighted by Gasteiger charge is 2.54. The van der Waals surface area contributed by atoms with Crippen molar-refractivity contribution < 1.29 is 4.79 Å². The van der Waals surface area contributed by atoms with E-state index in [0.29, 0.717) is 18.7 Å². The highest BCUT2D eigenvalue weighted by atomic mass is 16.1. The highest BCUT2D eigenvalue weighted by molar-refractivity contribution is 6.14. The lowest BCUT2D eigenvalue weighted by molar-refractivity contribution is -0.142. The number of aryl methyl sites for hydroxylation is 1. The van der Waals surface area contributed by atoms with Crippen LogP contribution in [0, 0.1) is 30.1 Å². The molecule has 0 unspecified atom stereocenters. The lowest BCUT2D eigenvalue weighted by Gasteiger charge is -2.56. The fraction of sp³-hybridized carbons (Fsp3) is 0.680. The number of hydrogen-bond donors (Lipinski definition) is 1. The van der Waals surface area contributed by atoms with E-state index in [1.54, 1.807) is 0 Å². The maximum Gasteiger partial charge on any atom is 0.145 e. The summed E-state index contributed by atoms with van der Waals surface area (Å²) >= 11 is 0. The Balaban J connectivity index is 1.48. The van der Waals surface area contributed by atoms with Crippen LogP contribution in [0.3, 0.4) is 0 Å². The van der Waals surface area contributed by atoms with Crippen LogP contribution >= 0.6 is 0 Å². The van der Waals surface area contributed by atoms with Crippen LogP contribution in [0.2, 0.25) is 0 Å². The van der Waals surface area contributed by atoms with E-state index in [4.69, 9.17) is 10.7 Å². The molecule has 1 heterocycles. The predicted octanol–water partition coefficient (Wildman–Crippen LogP) is 4.75. The molecule has 0 saturated heterocycles. The molecular weight excluding hydrogens is 344 g/mol. The molecule has 4 fully saturated rings. The first-order chi connectivity index (χ1) is 13.3. The monoisotopic (exact) mass is 378 g/mol. The van der Waals surface area contributed by atoms with Gasteiger partial charge in [0.1, 0.15) is 5.78 Å². The molecule has 4 aliphatic carbocycles. The number of hydrogen-bond acceptors (Lipinski definition) is 3. The zero-order valence-electron chi connectivity index (χ0n) is 17.7. The highest BCUT2D eigenvalue weighted by Crippen LogP contribution is 2.60. The maximum absolute atomic E-state index is 13.7. The number of benzene rings is 1. The molecule has 0 aromatic heterocycles. The van der Waals surface area contributed by atoms with Gasteiger partial charge in [-0.3, -0.25) is 9.79 Å². The number of aliphatic imine (C=N–C) groups is 1. The third kappa shape index (κ3) is 2.98. The van der Waals surface area contributed by atoms with E-state index < -0.39 is 0 Å². The number of rotatable bonds is 4. The maximum atomic E-state index is 13.7. The standard InChI is InChI=1S/C25H34N2O/c1-15-4-19-13-24(2,3)27-22(21(19)8-20(15)14-26)9-23(28)25-10-16-5-17(11-25)7-18(6-16)12-25/h4,8,16-18H,5-7,9-14,26H2,1-3H3. The average Bonchev–Trinajstić information content (AvgIpc) is 2.59. The normalized spacial score (nSPS) is 34.9. The Kier molecular flexibility index (Phi) is 4.14. The fourth-order valence-corrected chi connectivity index (χ4v) is 7.31. The molecule has 0 spiro atoms. The zero-order chi connectivity index (χ0) is 19.7. The van der Waals surface area contributed by atoms with Crippen molar-refractivity contribution in [2.24, 2.45) is 33.9 Å². The Morgan fingerprint density at radius 2 is 1.71 bits per heavy atom. The van der Waals surface area contributed by atoms with Gasteiger partial charge in [-0.25, -0.2) is 0 Å². The quantitative estimate of drug-likeness (QED) is 0.822. The van der Waals surface area contributed by atoms with Crippen LogP contribution in [0.1, 0.15) is 81.0 Å². The number of carbonyl (C=O) groups excluding carboxylic acids is 1. The second kappa shape index (κ2) is 6.26. The first-order valence-corrected chi connectivity index (χ1v) is 11.2. The van der Waals surface area contributed by atoms with E-state index in [-0.39, 0.29) is 11.0 Å². The molecule has 6 rings (SSSR count). The van der Waals surface area contributed by atoms with Crippen LogP contribution in [0.15, 0.2) is 17.1 Å².